The number of ketones is 1. The molecule has 0 radical (unpaired) electrons. The van der Waals surface area contributed by atoms with Crippen LogP contribution in [-0.2, 0) is 28.6 Å². The summed E-state index contributed by atoms with van der Waals surface area (Å²) in [4.78, 5) is 37.4. The smallest absolute Gasteiger partial charge is 0.334 e. The molecule has 0 spiro atoms. The normalized spacial score (nSPS) is 40.9. The van der Waals surface area contributed by atoms with E-state index < -0.39 is 59.6 Å². The maximum absolute atomic E-state index is 12.9. The first-order chi connectivity index (χ1) is 12.7. The van der Waals surface area contributed by atoms with E-state index in [-0.39, 0.29) is 5.57 Å². The minimum Gasteiger partial charge on any atom is -0.454 e. The van der Waals surface area contributed by atoms with E-state index in [0.29, 0.717) is 5.57 Å². The molecule has 0 amide bonds. The van der Waals surface area contributed by atoms with E-state index in [0.717, 1.165) is 0 Å². The van der Waals surface area contributed by atoms with Crippen molar-refractivity contribution in [3.8, 4) is 0 Å². The molecule has 2 aliphatic heterocycles. The fourth-order valence-corrected chi connectivity index (χ4v) is 3.96. The molecule has 0 bridgehead atoms. The highest BCUT2D eigenvalue weighted by atomic mass is 16.6. The first kappa shape index (κ1) is 19.5. The second-order valence-corrected chi connectivity index (χ2v) is 7.26. The molecule has 1 N–H and O–H groups in total. The SMILES string of the molecule is C=C1C(=O)O[C@@H]2[C@H]1[C@H]1O[C@H]1[C@H](C)[C@](O)(C(=O)/C=C/C)[C@H]2OC(=O)/C(C)=C\C. The summed E-state index contributed by atoms with van der Waals surface area (Å²) in [6.07, 6.45) is 0.989. The van der Waals surface area contributed by atoms with Crippen LogP contribution in [0, 0.1) is 11.8 Å². The summed E-state index contributed by atoms with van der Waals surface area (Å²) in [7, 11) is 0. The Bertz CT molecular complexity index is 764. The van der Waals surface area contributed by atoms with Gasteiger partial charge < -0.3 is 19.3 Å². The van der Waals surface area contributed by atoms with Gasteiger partial charge in [0.25, 0.3) is 0 Å². The second kappa shape index (κ2) is 6.73. The minimum absolute atomic E-state index is 0.200. The Kier molecular flexibility index (Phi) is 4.86. The van der Waals surface area contributed by atoms with Crippen LogP contribution in [0.1, 0.15) is 27.7 Å². The van der Waals surface area contributed by atoms with Gasteiger partial charge in [-0.1, -0.05) is 25.7 Å². The van der Waals surface area contributed by atoms with Crippen molar-refractivity contribution in [2.45, 2.75) is 57.7 Å². The predicted molar refractivity (Wildman–Crippen MR) is 94.4 cm³/mol. The topological polar surface area (TPSA) is 102 Å². The lowest BCUT2D eigenvalue weighted by Crippen LogP contribution is -2.60. The summed E-state index contributed by atoms with van der Waals surface area (Å²) >= 11 is 0. The molecule has 0 aromatic rings. The van der Waals surface area contributed by atoms with Gasteiger partial charge in [-0.15, -0.1) is 0 Å². The van der Waals surface area contributed by atoms with Crippen molar-refractivity contribution < 1.29 is 33.7 Å². The Morgan fingerprint density at radius 3 is 2.52 bits per heavy atom. The highest BCUT2D eigenvalue weighted by Gasteiger charge is 2.70. The number of aliphatic hydroxyl groups is 1. The zero-order chi connectivity index (χ0) is 20.1. The van der Waals surface area contributed by atoms with Crippen LogP contribution in [0.15, 0.2) is 36.0 Å². The second-order valence-electron chi connectivity index (χ2n) is 7.26. The summed E-state index contributed by atoms with van der Waals surface area (Å²) in [5, 5.41) is 11.5. The Morgan fingerprint density at radius 1 is 1.26 bits per heavy atom. The van der Waals surface area contributed by atoms with E-state index in [1.54, 1.807) is 33.8 Å². The summed E-state index contributed by atoms with van der Waals surface area (Å²) in [5.41, 5.74) is -1.58. The van der Waals surface area contributed by atoms with Crippen molar-refractivity contribution >= 4 is 17.7 Å². The lowest BCUT2D eigenvalue weighted by molar-refractivity contribution is -0.196. The number of ether oxygens (including phenoxy) is 3. The maximum atomic E-state index is 12.9. The first-order valence-corrected chi connectivity index (χ1v) is 8.97. The standard InChI is InChI=1S/C20H24O7/c1-6-8-12(21)20(24)11(5)14-15(25-14)13-10(4)19(23)26-16(13)17(20)27-18(22)9(3)7-2/h6-8,11,13-17,24H,4H2,1-3,5H3/b8-6+,9-7-/t11-,13+,14-,15+,16+,17-,20-/m0/s1. The van der Waals surface area contributed by atoms with Crippen molar-refractivity contribution in [1.29, 1.82) is 0 Å². The molecule has 27 heavy (non-hydrogen) atoms. The van der Waals surface area contributed by atoms with Crippen LogP contribution in [0.25, 0.3) is 0 Å². The Morgan fingerprint density at radius 2 is 1.93 bits per heavy atom. The predicted octanol–water partition coefficient (Wildman–Crippen LogP) is 1.26. The molecule has 7 heteroatoms. The Labute approximate surface area is 157 Å². The number of esters is 2. The zero-order valence-corrected chi connectivity index (χ0v) is 15.8. The number of allylic oxidation sites excluding steroid dienone is 2. The third kappa shape index (κ3) is 2.85. The van der Waals surface area contributed by atoms with Gasteiger partial charge in [0, 0.05) is 17.1 Å². The summed E-state index contributed by atoms with van der Waals surface area (Å²) in [5.74, 6) is -3.21. The van der Waals surface area contributed by atoms with E-state index >= 15 is 0 Å². The van der Waals surface area contributed by atoms with Crippen LogP contribution in [0.4, 0.5) is 0 Å². The molecule has 1 saturated carbocycles. The third-order valence-corrected chi connectivity index (χ3v) is 5.80. The molecule has 1 aliphatic carbocycles. The average Bonchev–Trinajstić information content (AvgIpc) is 3.37. The molecule has 7 nitrogen and oxygen atoms in total. The Balaban J connectivity index is 2.10. The van der Waals surface area contributed by atoms with Crippen LogP contribution < -0.4 is 0 Å². The number of carbonyl (C=O) groups excluding carboxylic acids is 3. The summed E-state index contributed by atoms with van der Waals surface area (Å²) in [6, 6.07) is 0. The summed E-state index contributed by atoms with van der Waals surface area (Å²) < 4.78 is 16.6. The van der Waals surface area contributed by atoms with E-state index in [1.165, 1.54) is 12.2 Å². The minimum atomic E-state index is -2.10. The number of hydrogen-bond donors (Lipinski definition) is 1. The van der Waals surface area contributed by atoms with Crippen molar-refractivity contribution in [3.05, 3.63) is 36.0 Å². The fraction of sp³-hybridized carbons (Fsp3) is 0.550. The van der Waals surface area contributed by atoms with E-state index in [4.69, 9.17) is 14.2 Å². The molecule has 146 valence electrons. The lowest BCUT2D eigenvalue weighted by Gasteiger charge is -2.39. The molecule has 0 aromatic carbocycles. The van der Waals surface area contributed by atoms with Gasteiger partial charge in [0.1, 0.15) is 0 Å². The van der Waals surface area contributed by atoms with Crippen LogP contribution in [0.5, 0.6) is 0 Å². The molecule has 3 rings (SSSR count). The van der Waals surface area contributed by atoms with Crippen molar-refractivity contribution in [3.63, 3.8) is 0 Å². The van der Waals surface area contributed by atoms with Crippen LogP contribution in [0.3, 0.4) is 0 Å². The van der Waals surface area contributed by atoms with Gasteiger partial charge in [-0.2, -0.15) is 0 Å². The van der Waals surface area contributed by atoms with Gasteiger partial charge >= 0.3 is 11.9 Å². The van der Waals surface area contributed by atoms with E-state index in [1.807, 2.05) is 0 Å². The van der Waals surface area contributed by atoms with Crippen molar-refractivity contribution in [2.75, 3.05) is 0 Å². The van der Waals surface area contributed by atoms with E-state index in [9.17, 15) is 19.5 Å². The largest absolute Gasteiger partial charge is 0.454 e. The Hall–Kier alpha value is -2.25. The van der Waals surface area contributed by atoms with Gasteiger partial charge in [0.05, 0.1) is 18.1 Å². The van der Waals surface area contributed by atoms with Crippen LogP contribution >= 0.6 is 0 Å². The van der Waals surface area contributed by atoms with Gasteiger partial charge in [0.2, 0.25) is 0 Å². The molecule has 2 heterocycles. The number of hydrogen-bond acceptors (Lipinski definition) is 7. The van der Waals surface area contributed by atoms with Gasteiger partial charge in [-0.3, -0.25) is 4.79 Å². The van der Waals surface area contributed by atoms with Gasteiger partial charge in [-0.25, -0.2) is 9.59 Å². The monoisotopic (exact) mass is 376 g/mol. The van der Waals surface area contributed by atoms with Gasteiger partial charge in [-0.05, 0) is 26.8 Å². The number of epoxide rings is 1. The maximum Gasteiger partial charge on any atom is 0.334 e. The molecule has 0 unspecified atom stereocenters. The molecular weight excluding hydrogens is 352 g/mol. The highest BCUT2D eigenvalue weighted by Crippen LogP contribution is 2.53. The molecule has 2 saturated heterocycles. The lowest BCUT2D eigenvalue weighted by atomic mass is 9.77. The average molecular weight is 376 g/mol. The van der Waals surface area contributed by atoms with Crippen LogP contribution in [0.2, 0.25) is 0 Å². The van der Waals surface area contributed by atoms with Crippen molar-refractivity contribution in [2.24, 2.45) is 11.8 Å². The fourth-order valence-electron chi connectivity index (χ4n) is 3.96. The first-order valence-electron chi connectivity index (χ1n) is 8.97. The molecule has 7 atom stereocenters. The van der Waals surface area contributed by atoms with Gasteiger partial charge in [0.15, 0.2) is 23.6 Å². The molecule has 3 fully saturated rings. The van der Waals surface area contributed by atoms with Crippen LogP contribution in [-0.4, -0.2) is 52.8 Å². The molecule has 0 aromatic heterocycles. The molecular formula is C20H24O7. The third-order valence-electron chi connectivity index (χ3n) is 5.80. The van der Waals surface area contributed by atoms with E-state index in [2.05, 4.69) is 6.58 Å². The summed E-state index contributed by atoms with van der Waals surface area (Å²) in [6.45, 7) is 10.3. The molecule has 3 aliphatic rings. The number of carbonyl (C=O) groups is 3. The van der Waals surface area contributed by atoms with Crippen molar-refractivity contribution in [1.82, 2.24) is 0 Å². The zero-order valence-electron chi connectivity index (χ0n) is 15.8. The quantitative estimate of drug-likeness (QED) is 0.448. The highest BCUT2D eigenvalue weighted by molar-refractivity contribution is 5.99. The number of rotatable bonds is 4. The number of fused-ring (bicyclic) bond motifs is 3.